The van der Waals surface area contributed by atoms with Gasteiger partial charge < -0.3 is 15.8 Å². The summed E-state index contributed by atoms with van der Waals surface area (Å²) in [6, 6.07) is 8.06. The number of amides is 1. The fourth-order valence-electron chi connectivity index (χ4n) is 4.20. The first-order valence-electron chi connectivity index (χ1n) is 11.6. The number of nitrogen functional groups attached to an aromatic ring is 1. The van der Waals surface area contributed by atoms with Crippen LogP contribution in [-0.2, 0) is 4.79 Å². The van der Waals surface area contributed by atoms with Crippen LogP contribution in [-0.4, -0.2) is 35.4 Å². The van der Waals surface area contributed by atoms with Gasteiger partial charge in [-0.3, -0.25) is 14.3 Å². The number of carbonyl (C=O) groups excluding carboxylic acids is 1. The first-order valence-corrected chi connectivity index (χ1v) is 11.6. The van der Waals surface area contributed by atoms with E-state index in [4.69, 9.17) is 10.5 Å². The van der Waals surface area contributed by atoms with E-state index in [-0.39, 0.29) is 29.2 Å². The molecule has 10 nitrogen and oxygen atoms in total. The molecule has 0 bridgehead atoms. The Morgan fingerprint density at radius 1 is 1.13 bits per heavy atom. The third-order valence-electron chi connectivity index (χ3n) is 5.91. The van der Waals surface area contributed by atoms with Crippen molar-refractivity contribution in [1.82, 2.24) is 29.5 Å². The van der Waals surface area contributed by atoms with Crippen molar-refractivity contribution < 1.29 is 13.9 Å². The smallest absolute Gasteiger partial charge is 0.322 e. The lowest BCUT2D eigenvalue weighted by molar-refractivity contribution is -0.111. The average Bonchev–Trinajstić information content (AvgIpc) is 3.17. The van der Waals surface area contributed by atoms with Crippen LogP contribution in [0.5, 0.6) is 11.8 Å². The van der Waals surface area contributed by atoms with Crippen LogP contribution in [0.3, 0.4) is 0 Å². The highest BCUT2D eigenvalue weighted by Gasteiger charge is 2.24. The fourth-order valence-corrected chi connectivity index (χ4v) is 4.20. The molecule has 3 N–H and O–H groups in total. The van der Waals surface area contributed by atoms with E-state index >= 15 is 4.39 Å². The minimum atomic E-state index is -0.580. The number of anilines is 2. The van der Waals surface area contributed by atoms with Crippen LogP contribution < -0.4 is 15.8 Å². The van der Waals surface area contributed by atoms with Crippen LogP contribution >= 0.6 is 0 Å². The van der Waals surface area contributed by atoms with Crippen molar-refractivity contribution in [3.05, 3.63) is 84.3 Å². The summed E-state index contributed by atoms with van der Waals surface area (Å²) in [7, 11) is 0. The third kappa shape index (κ3) is 4.41. The van der Waals surface area contributed by atoms with Gasteiger partial charge in [-0.25, -0.2) is 24.3 Å². The second-order valence-electron chi connectivity index (χ2n) is 8.54. The zero-order chi connectivity index (χ0) is 27.0. The van der Waals surface area contributed by atoms with E-state index in [0.717, 1.165) is 16.8 Å². The lowest BCUT2D eigenvalue weighted by Crippen LogP contribution is -2.09. The number of nitrogens with two attached hydrogens (primary N) is 1. The second kappa shape index (κ2) is 9.69. The molecular formula is C27H23FN8O2. The van der Waals surface area contributed by atoms with Gasteiger partial charge in [-0.2, -0.15) is 0 Å². The molecule has 0 unspecified atom stereocenters. The number of nitrogens with zero attached hydrogens (tertiary/aromatic N) is 6. The lowest BCUT2D eigenvalue weighted by atomic mass is 10.1. The first kappa shape index (κ1) is 24.5. The van der Waals surface area contributed by atoms with E-state index < -0.39 is 5.82 Å². The van der Waals surface area contributed by atoms with E-state index in [1.165, 1.54) is 24.7 Å². The van der Waals surface area contributed by atoms with E-state index in [1.807, 2.05) is 20.8 Å². The van der Waals surface area contributed by atoms with Crippen LogP contribution in [0.15, 0.2) is 61.7 Å². The number of nitrogens with one attached hydrogen (secondary N) is 1. The molecule has 0 saturated heterocycles. The highest BCUT2D eigenvalue weighted by atomic mass is 19.1. The number of benzene rings is 1. The summed E-state index contributed by atoms with van der Waals surface area (Å²) >= 11 is 0. The lowest BCUT2D eigenvalue weighted by Gasteiger charge is -2.15. The van der Waals surface area contributed by atoms with Crippen molar-refractivity contribution in [3.63, 3.8) is 0 Å². The van der Waals surface area contributed by atoms with E-state index in [0.29, 0.717) is 28.1 Å². The quantitative estimate of drug-likeness (QED) is 0.310. The summed E-state index contributed by atoms with van der Waals surface area (Å²) < 4.78 is 23.0. The molecule has 4 heterocycles. The number of fused-ring (bicyclic) bond motifs is 1. The predicted octanol–water partition coefficient (Wildman–Crippen LogP) is 4.84. The van der Waals surface area contributed by atoms with Crippen LogP contribution in [0, 0.1) is 26.6 Å². The molecule has 0 saturated carbocycles. The fraction of sp³-hybridized carbons (Fsp3) is 0.111. The van der Waals surface area contributed by atoms with Gasteiger partial charge >= 0.3 is 6.01 Å². The Hall–Kier alpha value is -5.19. The van der Waals surface area contributed by atoms with Gasteiger partial charge in [-0.05, 0) is 56.7 Å². The molecule has 11 heteroatoms. The van der Waals surface area contributed by atoms with Crippen LogP contribution in [0.1, 0.15) is 16.8 Å². The van der Waals surface area contributed by atoms with Crippen LogP contribution in [0.25, 0.3) is 28.1 Å². The molecule has 0 aliphatic heterocycles. The summed E-state index contributed by atoms with van der Waals surface area (Å²) in [5, 5.41) is 2.69. The molecule has 1 amide bonds. The number of ether oxygens (including phenoxy) is 1. The minimum absolute atomic E-state index is 0.112. The maximum Gasteiger partial charge on any atom is 0.322 e. The molecule has 1 aromatic carbocycles. The van der Waals surface area contributed by atoms with Crippen molar-refractivity contribution in [2.45, 2.75) is 20.8 Å². The molecule has 5 rings (SSSR count). The Morgan fingerprint density at radius 3 is 2.66 bits per heavy atom. The van der Waals surface area contributed by atoms with Crippen LogP contribution in [0.4, 0.5) is 15.9 Å². The zero-order valence-corrected chi connectivity index (χ0v) is 20.9. The van der Waals surface area contributed by atoms with Gasteiger partial charge in [-0.1, -0.05) is 6.58 Å². The van der Waals surface area contributed by atoms with Crippen molar-refractivity contribution in [3.8, 4) is 28.8 Å². The summed E-state index contributed by atoms with van der Waals surface area (Å²) in [6.45, 7) is 8.98. The molecule has 5 aromatic rings. The van der Waals surface area contributed by atoms with Gasteiger partial charge in [-0.15, -0.1) is 0 Å². The molecule has 0 spiro atoms. The monoisotopic (exact) mass is 510 g/mol. The predicted molar refractivity (Wildman–Crippen MR) is 142 cm³/mol. The SMILES string of the molecule is C=CC(=O)Nc1cnc(-c2c(C)c3ncnc(N)c3n2-c2ccc(Oc3nccc(C)n3)cc2F)c(C)c1. The van der Waals surface area contributed by atoms with E-state index in [1.54, 1.807) is 35.0 Å². The van der Waals surface area contributed by atoms with Crippen molar-refractivity contribution >= 4 is 28.4 Å². The number of hydrogen-bond donors (Lipinski definition) is 2. The molecular weight excluding hydrogens is 487 g/mol. The number of aryl methyl sites for hydroxylation is 3. The average molecular weight is 511 g/mol. The number of carbonyl (C=O) groups is 1. The number of rotatable bonds is 6. The van der Waals surface area contributed by atoms with Gasteiger partial charge in [0.1, 0.15) is 17.6 Å². The maximum atomic E-state index is 15.7. The molecule has 0 radical (unpaired) electrons. The Labute approximate surface area is 217 Å². The molecule has 0 aliphatic rings. The number of hydrogen-bond acceptors (Lipinski definition) is 8. The van der Waals surface area contributed by atoms with Crippen molar-refractivity contribution in [1.29, 1.82) is 0 Å². The van der Waals surface area contributed by atoms with Crippen LogP contribution in [0.2, 0.25) is 0 Å². The molecule has 0 atom stereocenters. The van der Waals surface area contributed by atoms with Crippen molar-refractivity contribution in [2.24, 2.45) is 0 Å². The maximum absolute atomic E-state index is 15.7. The molecule has 0 aliphatic carbocycles. The normalized spacial score (nSPS) is 10.9. The second-order valence-corrected chi connectivity index (χ2v) is 8.54. The number of aromatic nitrogens is 6. The standard InChI is InChI=1S/C27H23FN8O2/c1-5-21(37)35-17-10-14(2)22(31-12-17)24-16(4)23-25(26(29)33-13-32-23)36(24)20-7-6-18(11-19(20)28)38-27-30-9-8-15(3)34-27/h5-13H,1H2,2-4H3,(H,35,37)(H2,29,32,33). The molecule has 190 valence electrons. The van der Waals surface area contributed by atoms with Gasteiger partial charge in [0.05, 0.1) is 34.5 Å². The Bertz CT molecular complexity index is 1730. The highest BCUT2D eigenvalue weighted by Crippen LogP contribution is 2.38. The van der Waals surface area contributed by atoms with Gasteiger partial charge in [0.15, 0.2) is 11.6 Å². The molecule has 4 aromatic heterocycles. The molecule has 0 fully saturated rings. The van der Waals surface area contributed by atoms with E-state index in [2.05, 4.69) is 36.8 Å². The number of halogens is 1. The summed E-state index contributed by atoms with van der Waals surface area (Å²) in [5.74, 6) is -0.519. The minimum Gasteiger partial charge on any atom is -0.424 e. The number of pyridine rings is 1. The van der Waals surface area contributed by atoms with Crippen molar-refractivity contribution in [2.75, 3.05) is 11.1 Å². The topological polar surface area (TPSA) is 134 Å². The zero-order valence-electron chi connectivity index (χ0n) is 20.9. The molecule has 38 heavy (non-hydrogen) atoms. The Morgan fingerprint density at radius 2 is 1.95 bits per heavy atom. The van der Waals surface area contributed by atoms with Gasteiger partial charge in [0.2, 0.25) is 5.91 Å². The largest absolute Gasteiger partial charge is 0.424 e. The highest BCUT2D eigenvalue weighted by molar-refractivity contribution is 5.99. The Balaban J connectivity index is 1.67. The van der Waals surface area contributed by atoms with Gasteiger partial charge in [0, 0.05) is 23.5 Å². The Kier molecular flexibility index (Phi) is 6.25. The summed E-state index contributed by atoms with van der Waals surface area (Å²) in [5.41, 5.74) is 11.3. The summed E-state index contributed by atoms with van der Waals surface area (Å²) in [6.07, 6.45) is 5.63. The van der Waals surface area contributed by atoms with Gasteiger partial charge in [0.25, 0.3) is 0 Å². The van der Waals surface area contributed by atoms with E-state index in [9.17, 15) is 4.79 Å². The summed E-state index contributed by atoms with van der Waals surface area (Å²) in [4.78, 5) is 33.1. The third-order valence-corrected chi connectivity index (χ3v) is 5.91. The first-order chi connectivity index (χ1) is 18.3.